The Labute approximate surface area is 136 Å². The lowest BCUT2D eigenvalue weighted by Crippen LogP contribution is -2.35. The number of aryl methyl sites for hydroxylation is 1. The molecule has 0 aliphatic heterocycles. The van der Waals surface area contributed by atoms with E-state index in [0.29, 0.717) is 17.6 Å². The minimum Gasteiger partial charge on any atom is -0.299 e. The SMILES string of the molecule is C[C@@H]1CC[C@@H](C(C)(C)CCCCCc2ccccc2)C(=O)C1. The molecule has 1 heteroatoms. The fraction of sp³-hybridized carbons (Fsp3) is 0.667. The molecule has 2 atom stereocenters. The largest absolute Gasteiger partial charge is 0.299 e. The second-order valence-electron chi connectivity index (χ2n) is 7.94. The third kappa shape index (κ3) is 4.97. The summed E-state index contributed by atoms with van der Waals surface area (Å²) in [6.45, 7) is 6.83. The number of rotatable bonds is 7. The lowest BCUT2D eigenvalue weighted by Gasteiger charge is -2.37. The first-order chi connectivity index (χ1) is 10.5. The first-order valence-corrected chi connectivity index (χ1v) is 9.05. The van der Waals surface area contributed by atoms with Crippen molar-refractivity contribution in [3.8, 4) is 0 Å². The van der Waals surface area contributed by atoms with E-state index in [9.17, 15) is 4.79 Å². The fourth-order valence-corrected chi connectivity index (χ4v) is 3.93. The Morgan fingerprint density at radius 2 is 1.77 bits per heavy atom. The van der Waals surface area contributed by atoms with Crippen molar-refractivity contribution < 1.29 is 4.79 Å². The summed E-state index contributed by atoms with van der Waals surface area (Å²) in [7, 11) is 0. The van der Waals surface area contributed by atoms with Crippen molar-refractivity contribution in [2.75, 3.05) is 0 Å². The van der Waals surface area contributed by atoms with Crippen molar-refractivity contribution in [3.63, 3.8) is 0 Å². The zero-order chi connectivity index (χ0) is 16.0. The van der Waals surface area contributed by atoms with Gasteiger partial charge in [0, 0.05) is 12.3 Å². The van der Waals surface area contributed by atoms with Gasteiger partial charge in [0.1, 0.15) is 5.78 Å². The fourth-order valence-electron chi connectivity index (χ4n) is 3.93. The monoisotopic (exact) mass is 300 g/mol. The Morgan fingerprint density at radius 1 is 1.05 bits per heavy atom. The van der Waals surface area contributed by atoms with Crippen LogP contribution < -0.4 is 0 Å². The molecule has 0 saturated heterocycles. The lowest BCUT2D eigenvalue weighted by molar-refractivity contribution is -0.130. The third-order valence-electron chi connectivity index (χ3n) is 5.46. The van der Waals surface area contributed by atoms with E-state index < -0.39 is 0 Å². The van der Waals surface area contributed by atoms with Crippen LogP contribution in [0, 0.1) is 17.3 Å². The maximum absolute atomic E-state index is 12.3. The van der Waals surface area contributed by atoms with Crippen LogP contribution >= 0.6 is 0 Å². The Kier molecular flexibility index (Phi) is 6.23. The molecule has 0 spiro atoms. The minimum atomic E-state index is 0.184. The van der Waals surface area contributed by atoms with Crippen LogP contribution in [0.15, 0.2) is 30.3 Å². The number of benzene rings is 1. The van der Waals surface area contributed by atoms with Crippen molar-refractivity contribution in [2.45, 2.75) is 72.1 Å². The van der Waals surface area contributed by atoms with Crippen LogP contribution in [0.3, 0.4) is 0 Å². The summed E-state index contributed by atoms with van der Waals surface area (Å²) >= 11 is 0. The van der Waals surface area contributed by atoms with E-state index in [1.54, 1.807) is 0 Å². The van der Waals surface area contributed by atoms with Crippen molar-refractivity contribution in [2.24, 2.45) is 17.3 Å². The maximum Gasteiger partial charge on any atom is 0.136 e. The molecule has 1 aromatic carbocycles. The van der Waals surface area contributed by atoms with E-state index in [2.05, 4.69) is 51.1 Å². The molecular formula is C21H32O. The van der Waals surface area contributed by atoms with Gasteiger partial charge in [-0.15, -0.1) is 0 Å². The van der Waals surface area contributed by atoms with Gasteiger partial charge in [0.25, 0.3) is 0 Å². The predicted octanol–water partition coefficient (Wildman–Crippen LogP) is 5.82. The molecule has 0 heterocycles. The molecule has 1 aromatic rings. The highest BCUT2D eigenvalue weighted by atomic mass is 16.1. The minimum absolute atomic E-state index is 0.184. The number of Topliss-reactive ketones (excluding diaryl/α,β-unsaturated/α-hetero) is 1. The van der Waals surface area contributed by atoms with E-state index in [0.717, 1.165) is 12.8 Å². The van der Waals surface area contributed by atoms with Crippen LogP contribution in [0.1, 0.15) is 71.3 Å². The van der Waals surface area contributed by atoms with Gasteiger partial charge in [-0.05, 0) is 49.0 Å². The topological polar surface area (TPSA) is 17.1 Å². The average Bonchev–Trinajstić information content (AvgIpc) is 2.47. The number of carbonyl (C=O) groups is 1. The van der Waals surface area contributed by atoms with Crippen molar-refractivity contribution >= 4 is 5.78 Å². The van der Waals surface area contributed by atoms with Crippen molar-refractivity contribution in [1.29, 1.82) is 0 Å². The number of hydrogen-bond acceptors (Lipinski definition) is 1. The summed E-state index contributed by atoms with van der Waals surface area (Å²) in [6.07, 6.45) is 9.30. The Bertz CT molecular complexity index is 460. The lowest BCUT2D eigenvalue weighted by atomic mass is 9.66. The average molecular weight is 300 g/mol. The molecule has 1 nitrogen and oxygen atoms in total. The van der Waals surface area contributed by atoms with E-state index >= 15 is 0 Å². The van der Waals surface area contributed by atoms with Crippen LogP contribution in [0.25, 0.3) is 0 Å². The Morgan fingerprint density at radius 3 is 2.45 bits per heavy atom. The maximum atomic E-state index is 12.3. The predicted molar refractivity (Wildman–Crippen MR) is 93.9 cm³/mol. The summed E-state index contributed by atoms with van der Waals surface area (Å²) in [6, 6.07) is 10.7. The molecule has 2 rings (SSSR count). The summed E-state index contributed by atoms with van der Waals surface area (Å²) in [5, 5.41) is 0. The van der Waals surface area contributed by atoms with Gasteiger partial charge in [-0.2, -0.15) is 0 Å². The molecule has 0 aromatic heterocycles. The molecule has 0 radical (unpaired) electrons. The molecule has 1 aliphatic rings. The summed E-state index contributed by atoms with van der Waals surface area (Å²) in [4.78, 5) is 12.3. The molecule has 0 unspecified atom stereocenters. The molecule has 1 saturated carbocycles. The summed E-state index contributed by atoms with van der Waals surface area (Å²) in [5.41, 5.74) is 1.63. The van der Waals surface area contributed by atoms with Gasteiger partial charge >= 0.3 is 0 Å². The molecule has 22 heavy (non-hydrogen) atoms. The second-order valence-corrected chi connectivity index (χ2v) is 7.94. The van der Waals surface area contributed by atoms with Crippen LogP contribution in [0.4, 0.5) is 0 Å². The molecule has 0 amide bonds. The molecule has 0 N–H and O–H groups in total. The highest BCUT2D eigenvalue weighted by Crippen LogP contribution is 2.41. The van der Waals surface area contributed by atoms with E-state index in [4.69, 9.17) is 0 Å². The van der Waals surface area contributed by atoms with Crippen LogP contribution in [-0.4, -0.2) is 5.78 Å². The van der Waals surface area contributed by atoms with E-state index in [1.165, 1.54) is 44.1 Å². The van der Waals surface area contributed by atoms with Crippen LogP contribution in [0.2, 0.25) is 0 Å². The molecule has 122 valence electrons. The molecule has 1 fully saturated rings. The van der Waals surface area contributed by atoms with Gasteiger partial charge in [-0.1, -0.05) is 63.9 Å². The van der Waals surface area contributed by atoms with Crippen molar-refractivity contribution in [3.05, 3.63) is 35.9 Å². The van der Waals surface area contributed by atoms with Gasteiger partial charge in [0.15, 0.2) is 0 Å². The first-order valence-electron chi connectivity index (χ1n) is 9.05. The van der Waals surface area contributed by atoms with Crippen LogP contribution in [0.5, 0.6) is 0 Å². The molecular weight excluding hydrogens is 268 g/mol. The standard InChI is InChI=1S/C21H32O/c1-17-13-14-19(20(22)16-17)21(2,3)15-9-5-8-12-18-10-6-4-7-11-18/h4,6-7,10-11,17,19H,5,8-9,12-16H2,1-3H3/t17-,19-/m1/s1. The number of carbonyl (C=O) groups excluding carboxylic acids is 1. The van der Waals surface area contributed by atoms with E-state index in [1.807, 2.05) is 0 Å². The molecule has 1 aliphatic carbocycles. The number of ketones is 1. The zero-order valence-electron chi connectivity index (χ0n) is 14.6. The Hall–Kier alpha value is -1.11. The first kappa shape index (κ1) is 17.2. The Balaban J connectivity index is 1.70. The quantitative estimate of drug-likeness (QED) is 0.580. The third-order valence-corrected chi connectivity index (χ3v) is 5.46. The van der Waals surface area contributed by atoms with Gasteiger partial charge in [-0.3, -0.25) is 4.79 Å². The second kappa shape index (κ2) is 7.94. The van der Waals surface area contributed by atoms with Gasteiger partial charge in [0.2, 0.25) is 0 Å². The highest BCUT2D eigenvalue weighted by Gasteiger charge is 2.37. The number of unbranched alkanes of at least 4 members (excludes halogenated alkanes) is 2. The van der Waals surface area contributed by atoms with Crippen LogP contribution in [-0.2, 0) is 11.2 Å². The summed E-state index contributed by atoms with van der Waals surface area (Å²) in [5.74, 6) is 1.43. The highest BCUT2D eigenvalue weighted by molar-refractivity contribution is 5.82. The van der Waals surface area contributed by atoms with Gasteiger partial charge < -0.3 is 0 Å². The zero-order valence-corrected chi connectivity index (χ0v) is 14.6. The normalized spacial score (nSPS) is 22.8. The number of hydrogen-bond donors (Lipinski definition) is 0. The molecule has 0 bridgehead atoms. The van der Waals surface area contributed by atoms with E-state index in [-0.39, 0.29) is 5.41 Å². The summed E-state index contributed by atoms with van der Waals surface area (Å²) < 4.78 is 0. The van der Waals surface area contributed by atoms with Gasteiger partial charge in [-0.25, -0.2) is 0 Å². The van der Waals surface area contributed by atoms with Crippen molar-refractivity contribution in [1.82, 2.24) is 0 Å². The smallest absolute Gasteiger partial charge is 0.136 e. The van der Waals surface area contributed by atoms with Gasteiger partial charge in [0.05, 0.1) is 0 Å².